The Kier molecular flexibility index (Phi) is 8.12. The molecule has 0 fully saturated rings. The number of rotatable bonds is 8. The number of carbonyl (C=O) groups is 1. The minimum atomic E-state index is -0.189. The van der Waals surface area contributed by atoms with Gasteiger partial charge in [-0.25, -0.2) is 0 Å². The Hall–Kier alpha value is -0.650. The van der Waals surface area contributed by atoms with Crippen molar-refractivity contribution >= 4 is 5.91 Å². The molecule has 0 rings (SSSR count). The third kappa shape index (κ3) is 10.2. The molecule has 1 N–H and O–H groups in total. The molecule has 5 heteroatoms. The molecule has 0 saturated carbocycles. The van der Waals surface area contributed by atoms with Crippen molar-refractivity contribution in [2.75, 3.05) is 47.1 Å². The van der Waals surface area contributed by atoms with Gasteiger partial charge in [0.25, 0.3) is 0 Å². The lowest BCUT2D eigenvalue weighted by Crippen LogP contribution is -2.47. The van der Waals surface area contributed by atoms with Gasteiger partial charge in [0, 0.05) is 32.8 Å². The van der Waals surface area contributed by atoms with Crippen LogP contribution in [0.3, 0.4) is 0 Å². The zero-order chi connectivity index (χ0) is 13.3. The molecule has 0 aromatic heterocycles. The van der Waals surface area contributed by atoms with Gasteiger partial charge in [0.1, 0.15) is 0 Å². The van der Waals surface area contributed by atoms with Crippen molar-refractivity contribution in [2.24, 2.45) is 0 Å². The lowest BCUT2D eigenvalue weighted by Gasteiger charge is -2.25. The second kappa shape index (κ2) is 8.44. The van der Waals surface area contributed by atoms with Crippen LogP contribution in [-0.2, 0) is 14.3 Å². The van der Waals surface area contributed by atoms with Crippen molar-refractivity contribution in [2.45, 2.75) is 26.3 Å². The second-order valence-corrected chi connectivity index (χ2v) is 5.06. The SMILES string of the molecule is COCCN(CCOC)CC(=O)NC(C)(C)C. The van der Waals surface area contributed by atoms with Crippen LogP contribution in [0, 0.1) is 0 Å². The van der Waals surface area contributed by atoms with E-state index in [9.17, 15) is 4.79 Å². The van der Waals surface area contributed by atoms with Crippen LogP contribution in [0.5, 0.6) is 0 Å². The number of hydrogen-bond acceptors (Lipinski definition) is 4. The van der Waals surface area contributed by atoms with Crippen LogP contribution in [0.15, 0.2) is 0 Å². The fourth-order valence-electron chi connectivity index (χ4n) is 1.37. The molecule has 5 nitrogen and oxygen atoms in total. The third-order valence-corrected chi connectivity index (χ3v) is 2.10. The predicted octanol–water partition coefficient (Wildman–Crippen LogP) is 0.496. The number of methoxy groups -OCH3 is 2. The summed E-state index contributed by atoms with van der Waals surface area (Å²) in [7, 11) is 3.31. The van der Waals surface area contributed by atoms with Crippen LogP contribution in [-0.4, -0.2) is 63.4 Å². The average Bonchev–Trinajstić information content (AvgIpc) is 2.19. The second-order valence-electron chi connectivity index (χ2n) is 5.06. The van der Waals surface area contributed by atoms with Crippen LogP contribution in [0.1, 0.15) is 20.8 Å². The monoisotopic (exact) mass is 246 g/mol. The maximum atomic E-state index is 11.8. The van der Waals surface area contributed by atoms with Crippen molar-refractivity contribution < 1.29 is 14.3 Å². The number of nitrogens with zero attached hydrogens (tertiary/aromatic N) is 1. The molecule has 0 aliphatic heterocycles. The summed E-state index contributed by atoms with van der Waals surface area (Å²) in [6.07, 6.45) is 0. The summed E-state index contributed by atoms with van der Waals surface area (Å²) in [6, 6.07) is 0. The Labute approximate surface area is 104 Å². The molecule has 0 aliphatic carbocycles. The number of hydrogen-bond donors (Lipinski definition) is 1. The van der Waals surface area contributed by atoms with Gasteiger partial charge in [-0.1, -0.05) is 0 Å². The van der Waals surface area contributed by atoms with Crippen LogP contribution in [0.2, 0.25) is 0 Å². The van der Waals surface area contributed by atoms with E-state index in [2.05, 4.69) is 5.32 Å². The molecule has 0 heterocycles. The molecule has 0 atom stereocenters. The Bertz CT molecular complexity index is 206. The average molecular weight is 246 g/mol. The molecule has 17 heavy (non-hydrogen) atoms. The summed E-state index contributed by atoms with van der Waals surface area (Å²) in [5, 5.41) is 2.94. The van der Waals surface area contributed by atoms with Crippen LogP contribution in [0.25, 0.3) is 0 Å². The summed E-state index contributed by atoms with van der Waals surface area (Å²) < 4.78 is 10.0. The highest BCUT2D eigenvalue weighted by Crippen LogP contribution is 1.99. The van der Waals surface area contributed by atoms with Crippen molar-refractivity contribution in [3.05, 3.63) is 0 Å². The topological polar surface area (TPSA) is 50.8 Å². The Morgan fingerprint density at radius 1 is 1.12 bits per heavy atom. The maximum Gasteiger partial charge on any atom is 0.234 e. The number of carbonyl (C=O) groups excluding carboxylic acids is 1. The highest BCUT2D eigenvalue weighted by atomic mass is 16.5. The highest BCUT2D eigenvalue weighted by Gasteiger charge is 2.16. The van der Waals surface area contributed by atoms with Crippen LogP contribution < -0.4 is 5.32 Å². The van der Waals surface area contributed by atoms with Crippen molar-refractivity contribution in [1.29, 1.82) is 0 Å². The van der Waals surface area contributed by atoms with Gasteiger partial charge in [0.2, 0.25) is 5.91 Å². The van der Waals surface area contributed by atoms with E-state index in [1.165, 1.54) is 0 Å². The Morgan fingerprint density at radius 2 is 1.59 bits per heavy atom. The van der Waals surface area contributed by atoms with Gasteiger partial charge in [-0.2, -0.15) is 0 Å². The number of amides is 1. The molecule has 102 valence electrons. The van der Waals surface area contributed by atoms with E-state index in [1.807, 2.05) is 25.7 Å². The van der Waals surface area contributed by atoms with Crippen molar-refractivity contribution in [3.8, 4) is 0 Å². The number of nitrogens with one attached hydrogen (secondary N) is 1. The molecule has 0 saturated heterocycles. The first kappa shape index (κ1) is 16.4. The first-order chi connectivity index (χ1) is 7.89. The molecule has 0 radical (unpaired) electrons. The van der Waals surface area contributed by atoms with E-state index in [-0.39, 0.29) is 11.4 Å². The van der Waals surface area contributed by atoms with Crippen LogP contribution >= 0.6 is 0 Å². The van der Waals surface area contributed by atoms with Gasteiger partial charge < -0.3 is 14.8 Å². The molecule has 0 aromatic rings. The molecule has 1 amide bonds. The summed E-state index contributed by atoms with van der Waals surface area (Å²) >= 11 is 0. The first-order valence-corrected chi connectivity index (χ1v) is 5.90. The molecule has 0 aromatic carbocycles. The maximum absolute atomic E-state index is 11.8. The number of ether oxygens (including phenoxy) is 2. The normalized spacial score (nSPS) is 11.9. The van der Waals surface area contributed by atoms with E-state index in [1.54, 1.807) is 14.2 Å². The Balaban J connectivity index is 4.07. The quantitative estimate of drug-likeness (QED) is 0.677. The smallest absolute Gasteiger partial charge is 0.234 e. The minimum absolute atomic E-state index is 0.0321. The fourth-order valence-corrected chi connectivity index (χ4v) is 1.37. The molecule has 0 aliphatic rings. The van der Waals surface area contributed by atoms with Gasteiger partial charge in [-0.05, 0) is 20.8 Å². The minimum Gasteiger partial charge on any atom is -0.383 e. The Morgan fingerprint density at radius 3 is 1.94 bits per heavy atom. The molecular formula is C12H26N2O3. The largest absolute Gasteiger partial charge is 0.383 e. The summed E-state index contributed by atoms with van der Waals surface area (Å²) in [5.41, 5.74) is -0.189. The fraction of sp³-hybridized carbons (Fsp3) is 0.917. The molecule has 0 unspecified atom stereocenters. The summed E-state index contributed by atoms with van der Waals surface area (Å²) in [4.78, 5) is 13.8. The van der Waals surface area contributed by atoms with Gasteiger partial charge in [-0.15, -0.1) is 0 Å². The van der Waals surface area contributed by atoms with Gasteiger partial charge in [-0.3, -0.25) is 9.69 Å². The lowest BCUT2D eigenvalue weighted by molar-refractivity contribution is -0.123. The van der Waals surface area contributed by atoms with Crippen molar-refractivity contribution in [3.63, 3.8) is 0 Å². The zero-order valence-electron chi connectivity index (χ0n) is 11.7. The van der Waals surface area contributed by atoms with Crippen molar-refractivity contribution in [1.82, 2.24) is 10.2 Å². The van der Waals surface area contributed by atoms with E-state index in [0.717, 1.165) is 13.1 Å². The van der Waals surface area contributed by atoms with E-state index >= 15 is 0 Å². The zero-order valence-corrected chi connectivity index (χ0v) is 11.7. The predicted molar refractivity (Wildman–Crippen MR) is 68.1 cm³/mol. The van der Waals surface area contributed by atoms with Gasteiger partial charge in [0.05, 0.1) is 19.8 Å². The van der Waals surface area contributed by atoms with Gasteiger partial charge >= 0.3 is 0 Å². The van der Waals surface area contributed by atoms with Gasteiger partial charge in [0.15, 0.2) is 0 Å². The van der Waals surface area contributed by atoms with E-state index in [4.69, 9.17) is 9.47 Å². The van der Waals surface area contributed by atoms with Crippen LogP contribution in [0.4, 0.5) is 0 Å². The molecule has 0 bridgehead atoms. The molecular weight excluding hydrogens is 220 g/mol. The highest BCUT2D eigenvalue weighted by molar-refractivity contribution is 5.78. The third-order valence-electron chi connectivity index (χ3n) is 2.10. The standard InChI is InChI=1S/C12H26N2O3/c1-12(2,3)13-11(15)10-14(6-8-16-4)7-9-17-5/h6-10H2,1-5H3,(H,13,15). The first-order valence-electron chi connectivity index (χ1n) is 5.90. The summed E-state index contributed by atoms with van der Waals surface area (Å²) in [6.45, 7) is 9.00. The summed E-state index contributed by atoms with van der Waals surface area (Å²) in [5.74, 6) is 0.0321. The van der Waals surface area contributed by atoms with E-state index in [0.29, 0.717) is 19.8 Å². The molecule has 0 spiro atoms. The van der Waals surface area contributed by atoms with E-state index < -0.39 is 0 Å². The lowest BCUT2D eigenvalue weighted by atomic mass is 10.1.